The lowest BCUT2D eigenvalue weighted by Crippen LogP contribution is -2.55. The first-order valence-corrected chi connectivity index (χ1v) is 9.23. The van der Waals surface area contributed by atoms with Gasteiger partial charge in [-0.2, -0.15) is 0 Å². The molecule has 3 N–H and O–H groups in total. The minimum absolute atomic E-state index is 0.106. The van der Waals surface area contributed by atoms with Crippen LogP contribution < -0.4 is 20.9 Å². The van der Waals surface area contributed by atoms with E-state index in [1.807, 2.05) is 31.2 Å². The van der Waals surface area contributed by atoms with Crippen molar-refractivity contribution >= 4 is 23.3 Å². The average molecular weight is 344 g/mol. The van der Waals surface area contributed by atoms with Crippen LogP contribution in [0.2, 0.25) is 0 Å². The molecule has 3 rings (SSSR count). The summed E-state index contributed by atoms with van der Waals surface area (Å²) in [6.45, 7) is 2.67. The first kappa shape index (κ1) is 17.6. The van der Waals surface area contributed by atoms with Crippen LogP contribution in [0.3, 0.4) is 0 Å². The number of anilines is 2. The molecule has 6 heteroatoms. The highest BCUT2D eigenvalue weighted by Crippen LogP contribution is 2.31. The lowest BCUT2D eigenvalue weighted by molar-refractivity contribution is -0.125. The van der Waals surface area contributed by atoms with E-state index in [1.54, 1.807) is 0 Å². The standard InChI is InChI=1S/C19H28N4O2/c1-13-11-12-20-18(24)17(13)22-19(25)21-15-9-5-6-10-16(15)23(2)14-7-3-4-8-14/h5-6,9-10,13-14,17H,3-4,7-8,11-12H2,1-2H3,(H,20,24)(H2,21,22,25)/t13-,17+/m1/s1. The third-order valence-electron chi connectivity index (χ3n) is 5.44. The number of urea groups is 1. The maximum atomic E-state index is 12.4. The Kier molecular flexibility index (Phi) is 5.46. The molecule has 1 aliphatic carbocycles. The van der Waals surface area contributed by atoms with Crippen LogP contribution in [0.25, 0.3) is 0 Å². The van der Waals surface area contributed by atoms with Crippen molar-refractivity contribution in [2.24, 2.45) is 5.92 Å². The third kappa shape index (κ3) is 4.06. The van der Waals surface area contributed by atoms with Crippen LogP contribution >= 0.6 is 0 Å². The molecule has 136 valence electrons. The van der Waals surface area contributed by atoms with E-state index in [2.05, 4.69) is 27.9 Å². The van der Waals surface area contributed by atoms with Crippen molar-refractivity contribution in [3.8, 4) is 0 Å². The maximum absolute atomic E-state index is 12.4. The predicted octanol–water partition coefficient (Wildman–Crippen LogP) is 2.71. The van der Waals surface area contributed by atoms with E-state index in [0.29, 0.717) is 12.6 Å². The van der Waals surface area contributed by atoms with E-state index in [1.165, 1.54) is 25.7 Å². The SMILES string of the molecule is C[C@@H]1CCNC(=O)[C@H]1NC(=O)Nc1ccccc1N(C)C1CCCC1. The van der Waals surface area contributed by atoms with Crippen molar-refractivity contribution < 1.29 is 9.59 Å². The molecule has 25 heavy (non-hydrogen) atoms. The van der Waals surface area contributed by atoms with Gasteiger partial charge in [-0.3, -0.25) is 4.79 Å². The lowest BCUT2D eigenvalue weighted by atomic mass is 9.94. The molecular weight excluding hydrogens is 316 g/mol. The van der Waals surface area contributed by atoms with Gasteiger partial charge in [0.15, 0.2) is 0 Å². The highest BCUT2D eigenvalue weighted by atomic mass is 16.2. The Morgan fingerprint density at radius 3 is 2.64 bits per heavy atom. The third-order valence-corrected chi connectivity index (χ3v) is 5.44. The maximum Gasteiger partial charge on any atom is 0.319 e. The van der Waals surface area contributed by atoms with E-state index in [0.717, 1.165) is 17.8 Å². The largest absolute Gasteiger partial charge is 0.370 e. The minimum Gasteiger partial charge on any atom is -0.370 e. The zero-order valence-electron chi connectivity index (χ0n) is 15.0. The van der Waals surface area contributed by atoms with E-state index >= 15 is 0 Å². The molecule has 0 spiro atoms. The molecule has 2 aliphatic rings. The Bertz CT molecular complexity index is 628. The summed E-state index contributed by atoms with van der Waals surface area (Å²) in [5.41, 5.74) is 1.80. The van der Waals surface area contributed by atoms with Gasteiger partial charge in [0.2, 0.25) is 5.91 Å². The summed E-state index contributed by atoms with van der Waals surface area (Å²) in [4.78, 5) is 26.7. The topological polar surface area (TPSA) is 73.5 Å². The fraction of sp³-hybridized carbons (Fsp3) is 0.579. The quantitative estimate of drug-likeness (QED) is 0.786. The van der Waals surface area contributed by atoms with Crippen LogP contribution in [0.15, 0.2) is 24.3 Å². The van der Waals surface area contributed by atoms with E-state index in [-0.39, 0.29) is 17.9 Å². The molecule has 2 atom stereocenters. The highest BCUT2D eigenvalue weighted by Gasteiger charge is 2.30. The Hall–Kier alpha value is -2.24. The number of nitrogens with zero attached hydrogens (tertiary/aromatic N) is 1. The number of piperidine rings is 1. The van der Waals surface area contributed by atoms with Gasteiger partial charge in [0.05, 0.1) is 11.4 Å². The molecular formula is C19H28N4O2. The smallest absolute Gasteiger partial charge is 0.319 e. The van der Waals surface area contributed by atoms with Gasteiger partial charge in [-0.1, -0.05) is 31.9 Å². The van der Waals surface area contributed by atoms with Crippen LogP contribution in [0.4, 0.5) is 16.2 Å². The predicted molar refractivity (Wildman–Crippen MR) is 99.8 cm³/mol. The number of hydrogen-bond donors (Lipinski definition) is 3. The van der Waals surface area contributed by atoms with Crippen LogP contribution in [-0.2, 0) is 4.79 Å². The van der Waals surface area contributed by atoms with Crippen LogP contribution in [-0.4, -0.2) is 37.6 Å². The first-order chi connectivity index (χ1) is 12.1. The molecule has 0 radical (unpaired) electrons. The van der Waals surface area contributed by atoms with Crippen molar-refractivity contribution in [1.82, 2.24) is 10.6 Å². The van der Waals surface area contributed by atoms with E-state index in [9.17, 15) is 9.59 Å². The molecule has 0 unspecified atom stereocenters. The molecule has 1 saturated heterocycles. The number of para-hydroxylation sites is 2. The molecule has 1 aromatic rings. The fourth-order valence-electron chi connectivity index (χ4n) is 3.84. The van der Waals surface area contributed by atoms with Gasteiger partial charge in [0, 0.05) is 19.6 Å². The monoisotopic (exact) mass is 344 g/mol. The minimum atomic E-state index is -0.478. The number of benzene rings is 1. The summed E-state index contributed by atoms with van der Waals surface area (Å²) < 4.78 is 0. The molecule has 1 saturated carbocycles. The lowest BCUT2D eigenvalue weighted by Gasteiger charge is -2.30. The molecule has 1 heterocycles. The average Bonchev–Trinajstić information content (AvgIpc) is 3.13. The molecule has 0 aromatic heterocycles. The molecule has 6 nitrogen and oxygen atoms in total. The molecule has 0 bridgehead atoms. The second-order valence-electron chi connectivity index (χ2n) is 7.20. The Labute approximate surface area is 149 Å². The number of amides is 3. The number of carbonyl (C=O) groups is 2. The Balaban J connectivity index is 1.68. The van der Waals surface area contributed by atoms with Crippen molar-refractivity contribution in [3.05, 3.63) is 24.3 Å². The highest BCUT2D eigenvalue weighted by molar-refractivity contribution is 5.96. The van der Waals surface area contributed by atoms with Gasteiger partial charge in [-0.25, -0.2) is 4.79 Å². The number of nitrogens with one attached hydrogen (secondary N) is 3. The Morgan fingerprint density at radius 2 is 1.92 bits per heavy atom. The van der Waals surface area contributed by atoms with Crippen LogP contribution in [0.1, 0.15) is 39.0 Å². The van der Waals surface area contributed by atoms with Crippen molar-refractivity contribution in [2.75, 3.05) is 23.8 Å². The summed E-state index contributed by atoms with van der Waals surface area (Å²) in [5, 5.41) is 8.56. The summed E-state index contributed by atoms with van der Waals surface area (Å²) in [6, 6.07) is 7.55. The number of carbonyl (C=O) groups excluding carboxylic acids is 2. The molecule has 1 aromatic carbocycles. The number of rotatable bonds is 4. The molecule has 3 amide bonds. The summed E-state index contributed by atoms with van der Waals surface area (Å²) in [6.07, 6.45) is 5.78. The normalized spacial score (nSPS) is 23.8. The van der Waals surface area contributed by atoms with Crippen molar-refractivity contribution in [3.63, 3.8) is 0 Å². The first-order valence-electron chi connectivity index (χ1n) is 9.23. The fourth-order valence-corrected chi connectivity index (χ4v) is 3.84. The van der Waals surface area contributed by atoms with Crippen molar-refractivity contribution in [2.45, 2.75) is 51.1 Å². The van der Waals surface area contributed by atoms with Gasteiger partial charge >= 0.3 is 6.03 Å². The molecule has 1 aliphatic heterocycles. The van der Waals surface area contributed by atoms with Gasteiger partial charge in [-0.15, -0.1) is 0 Å². The van der Waals surface area contributed by atoms with Gasteiger partial charge in [0.25, 0.3) is 0 Å². The van der Waals surface area contributed by atoms with E-state index in [4.69, 9.17) is 0 Å². The summed E-state index contributed by atoms with van der Waals surface area (Å²) in [5.74, 6) is 0.0289. The van der Waals surface area contributed by atoms with Crippen LogP contribution in [0, 0.1) is 5.92 Å². The zero-order chi connectivity index (χ0) is 17.8. The van der Waals surface area contributed by atoms with Gasteiger partial charge < -0.3 is 20.9 Å². The van der Waals surface area contributed by atoms with E-state index < -0.39 is 6.04 Å². The van der Waals surface area contributed by atoms with Gasteiger partial charge in [0.1, 0.15) is 6.04 Å². The van der Waals surface area contributed by atoms with Crippen molar-refractivity contribution in [1.29, 1.82) is 0 Å². The summed E-state index contributed by atoms with van der Waals surface area (Å²) in [7, 11) is 2.09. The Morgan fingerprint density at radius 1 is 1.20 bits per heavy atom. The molecule has 2 fully saturated rings. The summed E-state index contributed by atoms with van der Waals surface area (Å²) >= 11 is 0. The zero-order valence-corrected chi connectivity index (χ0v) is 15.0. The van der Waals surface area contributed by atoms with Crippen LogP contribution in [0.5, 0.6) is 0 Å². The van der Waals surface area contributed by atoms with Gasteiger partial charge in [-0.05, 0) is 37.3 Å². The number of hydrogen-bond acceptors (Lipinski definition) is 3. The second kappa shape index (κ2) is 7.76. The second-order valence-corrected chi connectivity index (χ2v) is 7.20.